The van der Waals surface area contributed by atoms with Crippen LogP contribution in [-0.4, -0.2) is 56.6 Å². The van der Waals surface area contributed by atoms with Gasteiger partial charge in [0.05, 0.1) is 5.52 Å². The first-order chi connectivity index (χ1) is 15.0. The van der Waals surface area contributed by atoms with Gasteiger partial charge in [-0.25, -0.2) is 4.98 Å². The molecule has 1 fully saturated rings. The summed E-state index contributed by atoms with van der Waals surface area (Å²) in [5.41, 5.74) is 10.1. The van der Waals surface area contributed by atoms with E-state index in [0.717, 1.165) is 36.1 Å². The summed E-state index contributed by atoms with van der Waals surface area (Å²) in [6.45, 7) is 4.13. The summed E-state index contributed by atoms with van der Waals surface area (Å²) in [6.07, 6.45) is 3.12. The summed E-state index contributed by atoms with van der Waals surface area (Å²) >= 11 is 0. The molecule has 1 aliphatic rings. The molecule has 1 saturated heterocycles. The Morgan fingerprint density at radius 3 is 2.81 bits per heavy atom. The Morgan fingerprint density at radius 1 is 1.19 bits per heavy atom. The van der Waals surface area contributed by atoms with E-state index in [1.54, 1.807) is 19.2 Å². The molecule has 8 heteroatoms. The minimum Gasteiger partial charge on any atom is -0.355 e. The van der Waals surface area contributed by atoms with E-state index < -0.39 is 0 Å². The van der Waals surface area contributed by atoms with E-state index in [4.69, 9.17) is 10.7 Å². The largest absolute Gasteiger partial charge is 0.355 e. The Balaban J connectivity index is 1.55. The van der Waals surface area contributed by atoms with Gasteiger partial charge in [0.1, 0.15) is 5.69 Å². The Morgan fingerprint density at radius 2 is 2.03 bits per heavy atom. The molecule has 0 aliphatic carbocycles. The lowest BCUT2D eigenvalue weighted by atomic mass is 10.1. The van der Waals surface area contributed by atoms with Crippen LogP contribution in [0.4, 0.5) is 0 Å². The number of nitrogens with zero attached hydrogens (tertiary/aromatic N) is 5. The smallest absolute Gasteiger partial charge is 0.251 e. The molecule has 158 valence electrons. The van der Waals surface area contributed by atoms with Crippen LogP contribution in [0.25, 0.3) is 28.1 Å². The standard InChI is InChI=1S/C23H25N7O/c1-14(29-10-9-18(24)13-29)17-6-8-21-27-28-22(30(21)12-17)19-7-5-15-3-4-16(23(31)25-2)11-20(15)26-19/h3-8,11-12,14,18H,9-10,13,24H2,1-2H3,(H,25,31)/t14-,18-/m0/s1. The summed E-state index contributed by atoms with van der Waals surface area (Å²) in [5, 5.41) is 12.3. The van der Waals surface area contributed by atoms with Gasteiger partial charge in [-0.1, -0.05) is 18.2 Å². The number of fused-ring (bicyclic) bond motifs is 2. The second kappa shape index (κ2) is 7.72. The number of carbonyl (C=O) groups excluding carboxylic acids is 1. The summed E-state index contributed by atoms with van der Waals surface area (Å²) < 4.78 is 1.98. The molecule has 1 amide bonds. The van der Waals surface area contributed by atoms with E-state index in [2.05, 4.69) is 39.6 Å². The fourth-order valence-electron chi connectivity index (χ4n) is 4.23. The summed E-state index contributed by atoms with van der Waals surface area (Å²) in [7, 11) is 1.62. The van der Waals surface area contributed by atoms with Crippen LogP contribution in [-0.2, 0) is 0 Å². The van der Waals surface area contributed by atoms with E-state index in [1.807, 2.05) is 28.7 Å². The Kier molecular flexibility index (Phi) is 4.88. The quantitative estimate of drug-likeness (QED) is 0.531. The predicted molar refractivity (Wildman–Crippen MR) is 120 cm³/mol. The molecule has 1 aliphatic heterocycles. The fourth-order valence-corrected chi connectivity index (χ4v) is 4.23. The zero-order valence-electron chi connectivity index (χ0n) is 17.6. The first-order valence-corrected chi connectivity index (χ1v) is 10.5. The maximum Gasteiger partial charge on any atom is 0.251 e. The highest BCUT2D eigenvalue weighted by molar-refractivity contribution is 5.97. The molecule has 8 nitrogen and oxygen atoms in total. The second-order valence-corrected chi connectivity index (χ2v) is 8.12. The highest BCUT2D eigenvalue weighted by Crippen LogP contribution is 2.26. The SMILES string of the molecule is CNC(=O)c1ccc2ccc(-c3nnc4ccc([C@H](C)N5CC[C@H](N)C5)cn34)nc2c1. The lowest BCUT2D eigenvalue weighted by molar-refractivity contribution is 0.0963. The van der Waals surface area contributed by atoms with Crippen molar-refractivity contribution in [3.8, 4) is 11.5 Å². The van der Waals surface area contributed by atoms with Crippen molar-refractivity contribution >= 4 is 22.5 Å². The minimum atomic E-state index is -0.137. The van der Waals surface area contributed by atoms with Crippen LogP contribution >= 0.6 is 0 Å². The van der Waals surface area contributed by atoms with Crippen molar-refractivity contribution < 1.29 is 4.79 Å². The van der Waals surface area contributed by atoms with Crippen LogP contribution < -0.4 is 11.1 Å². The molecule has 4 aromatic rings. The van der Waals surface area contributed by atoms with Crippen molar-refractivity contribution in [1.82, 2.24) is 29.8 Å². The van der Waals surface area contributed by atoms with Crippen molar-refractivity contribution in [3.05, 3.63) is 59.8 Å². The van der Waals surface area contributed by atoms with Gasteiger partial charge in [0.15, 0.2) is 11.5 Å². The van der Waals surface area contributed by atoms with E-state index in [1.165, 1.54) is 5.56 Å². The number of nitrogens with two attached hydrogens (primary N) is 1. The van der Waals surface area contributed by atoms with Gasteiger partial charge >= 0.3 is 0 Å². The number of likely N-dealkylation sites (tertiary alicyclic amines) is 1. The number of nitrogens with one attached hydrogen (secondary N) is 1. The number of amides is 1. The van der Waals surface area contributed by atoms with Crippen molar-refractivity contribution in [1.29, 1.82) is 0 Å². The molecule has 31 heavy (non-hydrogen) atoms. The van der Waals surface area contributed by atoms with E-state index in [9.17, 15) is 4.79 Å². The molecule has 4 heterocycles. The molecule has 3 aromatic heterocycles. The maximum atomic E-state index is 12.0. The highest BCUT2D eigenvalue weighted by Gasteiger charge is 2.25. The van der Waals surface area contributed by atoms with Crippen LogP contribution in [0.1, 0.15) is 35.3 Å². The second-order valence-electron chi connectivity index (χ2n) is 8.12. The number of carbonyl (C=O) groups is 1. The number of hydrogen-bond donors (Lipinski definition) is 2. The van der Waals surface area contributed by atoms with Gasteiger partial charge in [-0.05, 0) is 43.2 Å². The van der Waals surface area contributed by atoms with Crippen molar-refractivity contribution in [2.45, 2.75) is 25.4 Å². The van der Waals surface area contributed by atoms with Gasteiger partial charge in [0.2, 0.25) is 0 Å². The average molecular weight is 416 g/mol. The lowest BCUT2D eigenvalue weighted by Crippen LogP contribution is -2.28. The first kappa shape index (κ1) is 19.6. The van der Waals surface area contributed by atoms with Gasteiger partial charge in [-0.15, -0.1) is 10.2 Å². The van der Waals surface area contributed by atoms with E-state index in [0.29, 0.717) is 17.1 Å². The molecule has 0 radical (unpaired) electrons. The molecule has 3 N–H and O–H groups in total. The van der Waals surface area contributed by atoms with Gasteiger partial charge in [0, 0.05) is 49.4 Å². The number of pyridine rings is 2. The Bertz CT molecular complexity index is 1280. The Hall–Kier alpha value is -3.36. The monoisotopic (exact) mass is 415 g/mol. The van der Waals surface area contributed by atoms with Crippen LogP contribution in [0.3, 0.4) is 0 Å². The van der Waals surface area contributed by atoms with Gasteiger partial charge < -0.3 is 11.1 Å². The third kappa shape index (κ3) is 3.54. The molecule has 1 aromatic carbocycles. The van der Waals surface area contributed by atoms with Crippen LogP contribution in [0.5, 0.6) is 0 Å². The molecule has 5 rings (SSSR count). The molecular formula is C23H25N7O. The van der Waals surface area contributed by atoms with Crippen molar-refractivity contribution in [2.75, 3.05) is 20.1 Å². The van der Waals surface area contributed by atoms with Crippen LogP contribution in [0.2, 0.25) is 0 Å². The molecule has 0 bridgehead atoms. The maximum absolute atomic E-state index is 12.0. The third-order valence-electron chi connectivity index (χ3n) is 6.12. The number of rotatable bonds is 4. The molecule has 0 spiro atoms. The summed E-state index contributed by atoms with van der Waals surface area (Å²) in [4.78, 5) is 19.2. The topological polar surface area (TPSA) is 101 Å². The average Bonchev–Trinajstić information content (AvgIpc) is 3.43. The lowest BCUT2D eigenvalue weighted by Gasteiger charge is -2.24. The third-order valence-corrected chi connectivity index (χ3v) is 6.12. The highest BCUT2D eigenvalue weighted by atomic mass is 16.1. The number of hydrogen-bond acceptors (Lipinski definition) is 6. The summed E-state index contributed by atoms with van der Waals surface area (Å²) in [5.74, 6) is 0.539. The predicted octanol–water partition coefficient (Wildman–Crippen LogP) is 2.40. The molecule has 2 atom stereocenters. The van der Waals surface area contributed by atoms with Crippen molar-refractivity contribution in [2.24, 2.45) is 5.73 Å². The minimum absolute atomic E-state index is 0.137. The zero-order valence-corrected chi connectivity index (χ0v) is 17.6. The molecular weight excluding hydrogens is 390 g/mol. The zero-order chi connectivity index (χ0) is 21.5. The normalized spacial score (nSPS) is 18.0. The number of aromatic nitrogens is 4. The van der Waals surface area contributed by atoms with Gasteiger partial charge in [0.25, 0.3) is 5.91 Å². The fraction of sp³-hybridized carbons (Fsp3) is 0.304. The molecule has 0 saturated carbocycles. The van der Waals surface area contributed by atoms with Crippen LogP contribution in [0, 0.1) is 0 Å². The van der Waals surface area contributed by atoms with E-state index in [-0.39, 0.29) is 18.0 Å². The first-order valence-electron chi connectivity index (χ1n) is 10.5. The van der Waals surface area contributed by atoms with Gasteiger partial charge in [-0.3, -0.25) is 14.1 Å². The van der Waals surface area contributed by atoms with E-state index >= 15 is 0 Å². The van der Waals surface area contributed by atoms with Crippen LogP contribution in [0.15, 0.2) is 48.7 Å². The summed E-state index contributed by atoms with van der Waals surface area (Å²) in [6, 6.07) is 14.0. The van der Waals surface area contributed by atoms with Gasteiger partial charge in [-0.2, -0.15) is 0 Å². The molecule has 0 unspecified atom stereocenters. The Labute approximate surface area is 180 Å². The number of benzene rings is 1. The van der Waals surface area contributed by atoms with Crippen molar-refractivity contribution in [3.63, 3.8) is 0 Å².